The molecule has 5 nitrogen and oxygen atoms in total. The molecule has 1 fully saturated rings. The molecule has 92 valence electrons. The van der Waals surface area contributed by atoms with Crippen LogP contribution in [0.25, 0.3) is 0 Å². The molecular formula is C12H17N3O2. The minimum atomic E-state index is -0.969. The van der Waals surface area contributed by atoms with Gasteiger partial charge in [0.05, 0.1) is 5.69 Å². The number of aromatic carboxylic acids is 1. The molecule has 1 aromatic heterocycles. The number of nitrogens with one attached hydrogen (secondary N) is 1. The Labute approximate surface area is 100 Å². The number of nitrogens with zero attached hydrogens (tertiary/aromatic N) is 2. The van der Waals surface area contributed by atoms with E-state index < -0.39 is 5.97 Å². The van der Waals surface area contributed by atoms with Gasteiger partial charge in [-0.1, -0.05) is 12.8 Å². The van der Waals surface area contributed by atoms with Crippen LogP contribution in [0.5, 0.6) is 0 Å². The van der Waals surface area contributed by atoms with Gasteiger partial charge >= 0.3 is 5.97 Å². The molecule has 1 aliphatic rings. The molecule has 0 aliphatic heterocycles. The first-order valence-corrected chi connectivity index (χ1v) is 6.00. The average Bonchev–Trinajstić information content (AvgIpc) is 2.82. The zero-order valence-electron chi connectivity index (χ0n) is 9.72. The molecule has 0 amide bonds. The molecule has 0 atom stereocenters. The van der Waals surface area contributed by atoms with Crippen LogP contribution in [0, 0.1) is 5.92 Å². The summed E-state index contributed by atoms with van der Waals surface area (Å²) in [5, 5.41) is 12.3. The fraction of sp³-hybridized carbons (Fsp3) is 0.583. The predicted molar refractivity (Wildman–Crippen MR) is 62.7 cm³/mol. The van der Waals surface area contributed by atoms with Crippen LogP contribution in [0.4, 0.5) is 0 Å². The molecule has 1 aliphatic carbocycles. The fourth-order valence-electron chi connectivity index (χ4n) is 2.28. The SMILES string of the molecule is O=C(O)c1cncnc1CNCC1CCCC1. The van der Waals surface area contributed by atoms with E-state index in [1.165, 1.54) is 38.2 Å². The maximum Gasteiger partial charge on any atom is 0.339 e. The van der Waals surface area contributed by atoms with E-state index in [1.807, 2.05) is 0 Å². The van der Waals surface area contributed by atoms with E-state index in [0.29, 0.717) is 12.2 Å². The van der Waals surface area contributed by atoms with Crippen molar-refractivity contribution in [1.29, 1.82) is 0 Å². The molecule has 1 heterocycles. The van der Waals surface area contributed by atoms with Crippen molar-refractivity contribution in [2.24, 2.45) is 5.92 Å². The van der Waals surface area contributed by atoms with Crippen molar-refractivity contribution < 1.29 is 9.90 Å². The second-order valence-electron chi connectivity index (χ2n) is 4.47. The van der Waals surface area contributed by atoms with Crippen LogP contribution < -0.4 is 5.32 Å². The smallest absolute Gasteiger partial charge is 0.339 e. The Morgan fingerprint density at radius 1 is 1.47 bits per heavy atom. The van der Waals surface area contributed by atoms with Gasteiger partial charge < -0.3 is 10.4 Å². The van der Waals surface area contributed by atoms with Gasteiger partial charge in [0, 0.05) is 12.7 Å². The molecule has 2 N–H and O–H groups in total. The molecule has 0 bridgehead atoms. The van der Waals surface area contributed by atoms with Crippen LogP contribution >= 0.6 is 0 Å². The lowest BCUT2D eigenvalue weighted by molar-refractivity contribution is 0.0694. The number of rotatable bonds is 5. The number of hydrogen-bond acceptors (Lipinski definition) is 4. The van der Waals surface area contributed by atoms with E-state index in [1.54, 1.807) is 0 Å². The third-order valence-corrected chi connectivity index (χ3v) is 3.23. The molecule has 0 saturated heterocycles. The van der Waals surface area contributed by atoms with Gasteiger partial charge in [-0.25, -0.2) is 14.8 Å². The van der Waals surface area contributed by atoms with Gasteiger partial charge in [-0.2, -0.15) is 0 Å². The van der Waals surface area contributed by atoms with Crippen molar-refractivity contribution in [3.05, 3.63) is 23.8 Å². The summed E-state index contributed by atoms with van der Waals surface area (Å²) in [4.78, 5) is 18.7. The first kappa shape index (κ1) is 12.0. The standard InChI is InChI=1S/C12H17N3O2/c16-12(17)10-6-14-8-15-11(10)7-13-5-9-3-1-2-4-9/h6,8-9,13H,1-5,7H2,(H,16,17). The van der Waals surface area contributed by atoms with Crippen molar-refractivity contribution in [3.8, 4) is 0 Å². The van der Waals surface area contributed by atoms with E-state index in [9.17, 15) is 4.79 Å². The molecule has 5 heteroatoms. The topological polar surface area (TPSA) is 75.1 Å². The lowest BCUT2D eigenvalue weighted by Gasteiger charge is -2.10. The first-order chi connectivity index (χ1) is 8.27. The molecular weight excluding hydrogens is 218 g/mol. The normalized spacial score (nSPS) is 16.2. The Bertz CT molecular complexity index is 389. The van der Waals surface area contributed by atoms with Gasteiger partial charge in [-0.3, -0.25) is 0 Å². The second-order valence-corrected chi connectivity index (χ2v) is 4.47. The zero-order valence-corrected chi connectivity index (χ0v) is 9.72. The molecule has 1 aromatic rings. The van der Waals surface area contributed by atoms with Gasteiger partial charge in [-0.15, -0.1) is 0 Å². The van der Waals surface area contributed by atoms with Crippen molar-refractivity contribution >= 4 is 5.97 Å². The van der Waals surface area contributed by atoms with Gasteiger partial charge in [0.15, 0.2) is 0 Å². The molecule has 2 rings (SSSR count). The summed E-state index contributed by atoms with van der Waals surface area (Å²) in [6.07, 6.45) is 7.94. The van der Waals surface area contributed by atoms with Crippen LogP contribution in [0.3, 0.4) is 0 Å². The number of aromatic nitrogens is 2. The summed E-state index contributed by atoms with van der Waals surface area (Å²) in [5.41, 5.74) is 0.747. The highest BCUT2D eigenvalue weighted by Crippen LogP contribution is 2.23. The average molecular weight is 235 g/mol. The molecule has 0 aromatic carbocycles. The highest BCUT2D eigenvalue weighted by atomic mass is 16.4. The van der Waals surface area contributed by atoms with Gasteiger partial charge in [0.25, 0.3) is 0 Å². The monoisotopic (exact) mass is 235 g/mol. The van der Waals surface area contributed by atoms with E-state index in [0.717, 1.165) is 12.5 Å². The van der Waals surface area contributed by atoms with Crippen LogP contribution in [-0.4, -0.2) is 27.6 Å². The number of carboxylic acids is 1. The minimum Gasteiger partial charge on any atom is -0.478 e. The van der Waals surface area contributed by atoms with Crippen LogP contribution in [0.2, 0.25) is 0 Å². The molecule has 0 spiro atoms. The van der Waals surface area contributed by atoms with Gasteiger partial charge in [0.2, 0.25) is 0 Å². The van der Waals surface area contributed by atoms with E-state index in [4.69, 9.17) is 5.11 Å². The summed E-state index contributed by atoms with van der Waals surface area (Å²) >= 11 is 0. The zero-order chi connectivity index (χ0) is 12.1. The Hall–Kier alpha value is -1.49. The highest BCUT2D eigenvalue weighted by molar-refractivity contribution is 5.88. The molecule has 0 unspecified atom stereocenters. The Kier molecular flexibility index (Phi) is 4.03. The predicted octanol–water partition coefficient (Wildman–Crippen LogP) is 1.45. The maximum atomic E-state index is 10.9. The van der Waals surface area contributed by atoms with Gasteiger partial charge in [0.1, 0.15) is 11.9 Å². The number of carboxylic acid groups (broad SMARTS) is 1. The lowest BCUT2D eigenvalue weighted by atomic mass is 10.1. The highest BCUT2D eigenvalue weighted by Gasteiger charge is 2.15. The summed E-state index contributed by atoms with van der Waals surface area (Å²) in [6.45, 7) is 1.45. The van der Waals surface area contributed by atoms with E-state index in [-0.39, 0.29) is 5.56 Å². The summed E-state index contributed by atoms with van der Waals surface area (Å²) in [7, 11) is 0. The van der Waals surface area contributed by atoms with Crippen molar-refractivity contribution in [2.45, 2.75) is 32.2 Å². The Morgan fingerprint density at radius 3 is 2.94 bits per heavy atom. The largest absolute Gasteiger partial charge is 0.478 e. The third-order valence-electron chi connectivity index (χ3n) is 3.23. The van der Waals surface area contributed by atoms with Crippen molar-refractivity contribution in [3.63, 3.8) is 0 Å². The van der Waals surface area contributed by atoms with Gasteiger partial charge in [-0.05, 0) is 25.3 Å². The van der Waals surface area contributed by atoms with Crippen LogP contribution in [0.1, 0.15) is 41.7 Å². The lowest BCUT2D eigenvalue weighted by Crippen LogP contribution is -2.22. The number of carbonyl (C=O) groups is 1. The van der Waals surface area contributed by atoms with Crippen LogP contribution in [0.15, 0.2) is 12.5 Å². The maximum absolute atomic E-state index is 10.9. The minimum absolute atomic E-state index is 0.187. The van der Waals surface area contributed by atoms with E-state index in [2.05, 4.69) is 15.3 Å². The summed E-state index contributed by atoms with van der Waals surface area (Å²) < 4.78 is 0. The summed E-state index contributed by atoms with van der Waals surface area (Å²) in [6, 6.07) is 0. The van der Waals surface area contributed by atoms with Crippen molar-refractivity contribution in [2.75, 3.05) is 6.54 Å². The van der Waals surface area contributed by atoms with E-state index >= 15 is 0 Å². The van der Waals surface area contributed by atoms with Crippen molar-refractivity contribution in [1.82, 2.24) is 15.3 Å². The third kappa shape index (κ3) is 3.23. The Balaban J connectivity index is 1.87. The molecule has 1 saturated carbocycles. The second kappa shape index (κ2) is 5.72. The quantitative estimate of drug-likeness (QED) is 0.808. The molecule has 17 heavy (non-hydrogen) atoms. The Morgan fingerprint density at radius 2 is 2.24 bits per heavy atom. The summed E-state index contributed by atoms with van der Waals surface area (Å²) in [5.74, 6) is -0.228. The van der Waals surface area contributed by atoms with Crippen LogP contribution in [-0.2, 0) is 6.54 Å². The first-order valence-electron chi connectivity index (χ1n) is 6.00. The number of hydrogen-bond donors (Lipinski definition) is 2. The molecule has 0 radical (unpaired) electrons. The fourth-order valence-corrected chi connectivity index (χ4v) is 2.28.